The fourth-order valence-corrected chi connectivity index (χ4v) is 1.42. The van der Waals surface area contributed by atoms with Crippen molar-refractivity contribution >= 4 is 23.3 Å². The zero-order valence-corrected chi connectivity index (χ0v) is 10.1. The van der Waals surface area contributed by atoms with E-state index >= 15 is 0 Å². The highest BCUT2D eigenvalue weighted by molar-refractivity contribution is 6.32. The minimum atomic E-state index is -1.04. The zero-order valence-electron chi connectivity index (χ0n) is 9.37. The molecule has 0 aliphatic heterocycles. The molecule has 0 heterocycles. The van der Waals surface area contributed by atoms with Gasteiger partial charge in [0, 0.05) is 5.69 Å². The van der Waals surface area contributed by atoms with E-state index in [1.165, 1.54) is 7.11 Å². The van der Waals surface area contributed by atoms with E-state index in [1.54, 1.807) is 32.0 Å². The van der Waals surface area contributed by atoms with Gasteiger partial charge < -0.3 is 15.2 Å². The van der Waals surface area contributed by atoms with Crippen LogP contribution in [-0.4, -0.2) is 23.7 Å². The van der Waals surface area contributed by atoms with Gasteiger partial charge in [-0.05, 0) is 32.0 Å². The Hall–Kier alpha value is -1.42. The van der Waals surface area contributed by atoms with Crippen LogP contribution < -0.4 is 10.1 Å². The van der Waals surface area contributed by atoms with Crippen LogP contribution in [0.15, 0.2) is 18.2 Å². The van der Waals surface area contributed by atoms with E-state index in [2.05, 4.69) is 5.32 Å². The lowest BCUT2D eigenvalue weighted by Crippen LogP contribution is -2.39. The Labute approximate surface area is 99.2 Å². The van der Waals surface area contributed by atoms with Crippen molar-refractivity contribution in [2.75, 3.05) is 12.4 Å². The summed E-state index contributed by atoms with van der Waals surface area (Å²) in [4.78, 5) is 10.9. The standard InChI is InChI=1S/C11H14ClNO3/c1-11(2,10(14)15)13-7-4-5-9(16-3)8(12)6-7/h4-6,13H,1-3H3,(H,14,15). The van der Waals surface area contributed by atoms with Gasteiger partial charge in [-0.2, -0.15) is 0 Å². The lowest BCUT2D eigenvalue weighted by atomic mass is 10.1. The Morgan fingerprint density at radius 2 is 2.12 bits per heavy atom. The fraction of sp³-hybridized carbons (Fsp3) is 0.364. The summed E-state index contributed by atoms with van der Waals surface area (Å²) in [5.74, 6) is -0.375. The van der Waals surface area contributed by atoms with Gasteiger partial charge in [-0.3, -0.25) is 0 Å². The van der Waals surface area contributed by atoms with Crippen LogP contribution in [0.5, 0.6) is 5.75 Å². The van der Waals surface area contributed by atoms with E-state index in [0.717, 1.165) is 0 Å². The fourth-order valence-electron chi connectivity index (χ4n) is 1.16. The number of hydrogen-bond donors (Lipinski definition) is 2. The second-order valence-electron chi connectivity index (χ2n) is 3.90. The molecule has 0 aliphatic rings. The molecule has 1 aromatic rings. The van der Waals surface area contributed by atoms with Gasteiger partial charge in [-0.1, -0.05) is 11.6 Å². The lowest BCUT2D eigenvalue weighted by molar-refractivity contribution is -0.141. The summed E-state index contributed by atoms with van der Waals surface area (Å²) in [5.41, 5.74) is -0.407. The number of aliphatic carboxylic acids is 1. The molecule has 0 aliphatic carbocycles. The van der Waals surface area contributed by atoms with Crippen molar-refractivity contribution in [1.29, 1.82) is 0 Å². The van der Waals surface area contributed by atoms with Crippen LogP contribution in [0, 0.1) is 0 Å². The molecule has 0 saturated heterocycles. The third-order valence-electron chi connectivity index (χ3n) is 2.14. The molecule has 1 rings (SSSR count). The molecule has 0 spiro atoms. The molecule has 5 heteroatoms. The topological polar surface area (TPSA) is 58.6 Å². The smallest absolute Gasteiger partial charge is 0.328 e. The number of methoxy groups -OCH3 is 1. The van der Waals surface area contributed by atoms with Crippen molar-refractivity contribution in [1.82, 2.24) is 0 Å². The predicted octanol–water partition coefficient (Wildman–Crippen LogP) is 2.62. The molecule has 16 heavy (non-hydrogen) atoms. The summed E-state index contributed by atoms with van der Waals surface area (Å²) in [5, 5.41) is 12.3. The van der Waals surface area contributed by atoms with Gasteiger partial charge in [-0.25, -0.2) is 4.79 Å². The number of ether oxygens (including phenoxy) is 1. The van der Waals surface area contributed by atoms with Crippen LogP contribution in [0.4, 0.5) is 5.69 Å². The molecule has 0 saturated carbocycles. The van der Waals surface area contributed by atoms with E-state index in [9.17, 15) is 4.79 Å². The monoisotopic (exact) mass is 243 g/mol. The molecular weight excluding hydrogens is 230 g/mol. The maximum atomic E-state index is 10.9. The van der Waals surface area contributed by atoms with Crippen LogP contribution >= 0.6 is 11.6 Å². The van der Waals surface area contributed by atoms with Gasteiger partial charge in [0.25, 0.3) is 0 Å². The van der Waals surface area contributed by atoms with Gasteiger partial charge >= 0.3 is 5.97 Å². The number of halogens is 1. The quantitative estimate of drug-likeness (QED) is 0.854. The average molecular weight is 244 g/mol. The summed E-state index contributed by atoms with van der Waals surface area (Å²) in [7, 11) is 1.52. The third-order valence-corrected chi connectivity index (χ3v) is 2.44. The van der Waals surface area contributed by atoms with Crippen LogP contribution in [0.3, 0.4) is 0 Å². The summed E-state index contributed by atoms with van der Waals surface area (Å²) in [6.07, 6.45) is 0. The Morgan fingerprint density at radius 1 is 1.50 bits per heavy atom. The number of hydrogen-bond acceptors (Lipinski definition) is 3. The normalized spacial score (nSPS) is 11.0. The molecular formula is C11H14ClNO3. The molecule has 0 atom stereocenters. The number of nitrogens with one attached hydrogen (secondary N) is 1. The Kier molecular flexibility index (Phi) is 3.65. The second-order valence-corrected chi connectivity index (χ2v) is 4.31. The first kappa shape index (κ1) is 12.6. The Bertz CT molecular complexity index is 404. The maximum absolute atomic E-state index is 10.9. The van der Waals surface area contributed by atoms with Crippen molar-refractivity contribution in [3.63, 3.8) is 0 Å². The SMILES string of the molecule is COc1ccc(NC(C)(C)C(=O)O)cc1Cl. The molecule has 0 amide bonds. The molecule has 88 valence electrons. The van der Waals surface area contributed by atoms with Crippen molar-refractivity contribution in [2.45, 2.75) is 19.4 Å². The Balaban J connectivity index is 2.91. The van der Waals surface area contributed by atoms with Gasteiger partial charge in [0.05, 0.1) is 12.1 Å². The highest BCUT2D eigenvalue weighted by Crippen LogP contribution is 2.28. The summed E-state index contributed by atoms with van der Waals surface area (Å²) >= 11 is 5.93. The molecule has 0 radical (unpaired) electrons. The maximum Gasteiger partial charge on any atom is 0.328 e. The van der Waals surface area contributed by atoms with Crippen LogP contribution in [-0.2, 0) is 4.79 Å². The molecule has 2 N–H and O–H groups in total. The molecule has 0 fully saturated rings. The second kappa shape index (κ2) is 4.61. The van der Waals surface area contributed by atoms with E-state index in [4.69, 9.17) is 21.4 Å². The summed E-state index contributed by atoms with van der Waals surface area (Å²) in [6, 6.07) is 5.03. The number of carboxylic acid groups (broad SMARTS) is 1. The van der Waals surface area contributed by atoms with Gasteiger partial charge in [0.15, 0.2) is 0 Å². The van der Waals surface area contributed by atoms with Crippen molar-refractivity contribution in [2.24, 2.45) is 0 Å². The summed E-state index contributed by atoms with van der Waals surface area (Å²) in [6.45, 7) is 3.15. The molecule has 0 aromatic heterocycles. The first-order valence-corrected chi connectivity index (χ1v) is 5.10. The highest BCUT2D eigenvalue weighted by Gasteiger charge is 2.26. The minimum absolute atomic E-state index is 0.439. The first-order valence-electron chi connectivity index (χ1n) is 4.72. The number of benzene rings is 1. The van der Waals surface area contributed by atoms with Gasteiger partial charge in [0.2, 0.25) is 0 Å². The predicted molar refractivity (Wildman–Crippen MR) is 63.3 cm³/mol. The number of anilines is 1. The first-order chi connectivity index (χ1) is 7.36. The van der Waals surface area contributed by atoms with E-state index in [0.29, 0.717) is 16.5 Å². The molecule has 4 nitrogen and oxygen atoms in total. The molecule has 0 bridgehead atoms. The third kappa shape index (κ3) is 2.79. The van der Waals surface area contributed by atoms with Crippen molar-refractivity contribution < 1.29 is 14.6 Å². The Morgan fingerprint density at radius 3 is 2.56 bits per heavy atom. The van der Waals surface area contributed by atoms with Crippen LogP contribution in [0.1, 0.15) is 13.8 Å². The van der Waals surface area contributed by atoms with Gasteiger partial charge in [0.1, 0.15) is 11.3 Å². The van der Waals surface area contributed by atoms with E-state index < -0.39 is 11.5 Å². The molecule has 1 aromatic carbocycles. The lowest BCUT2D eigenvalue weighted by Gasteiger charge is -2.22. The van der Waals surface area contributed by atoms with E-state index in [-0.39, 0.29) is 0 Å². The summed E-state index contributed by atoms with van der Waals surface area (Å²) < 4.78 is 5.00. The van der Waals surface area contributed by atoms with Crippen molar-refractivity contribution in [3.8, 4) is 5.75 Å². The molecule has 0 unspecified atom stereocenters. The average Bonchev–Trinajstić information content (AvgIpc) is 2.17. The van der Waals surface area contributed by atoms with Crippen molar-refractivity contribution in [3.05, 3.63) is 23.2 Å². The minimum Gasteiger partial charge on any atom is -0.495 e. The largest absolute Gasteiger partial charge is 0.495 e. The number of carboxylic acids is 1. The van der Waals surface area contributed by atoms with Gasteiger partial charge in [-0.15, -0.1) is 0 Å². The van der Waals surface area contributed by atoms with Crippen LogP contribution in [0.2, 0.25) is 5.02 Å². The number of rotatable bonds is 4. The zero-order chi connectivity index (χ0) is 12.3. The van der Waals surface area contributed by atoms with Crippen LogP contribution in [0.25, 0.3) is 0 Å². The highest BCUT2D eigenvalue weighted by atomic mass is 35.5. The number of carbonyl (C=O) groups is 1. The van der Waals surface area contributed by atoms with E-state index in [1.807, 2.05) is 0 Å².